The molecule has 0 aromatic heterocycles. The van der Waals surface area contributed by atoms with Gasteiger partial charge in [0.15, 0.2) is 11.6 Å². The van der Waals surface area contributed by atoms with Gasteiger partial charge in [-0.05, 0) is 31.4 Å². The van der Waals surface area contributed by atoms with Crippen molar-refractivity contribution >= 4 is 0 Å². The second-order valence-electron chi connectivity index (χ2n) is 5.18. The Bertz CT molecular complexity index is 416. The van der Waals surface area contributed by atoms with E-state index in [0.717, 1.165) is 19.6 Å². The Morgan fingerprint density at radius 1 is 1.50 bits per heavy atom. The van der Waals surface area contributed by atoms with E-state index in [-0.39, 0.29) is 18.5 Å². The zero-order chi connectivity index (χ0) is 14.4. The minimum atomic E-state index is -0.660. The summed E-state index contributed by atoms with van der Waals surface area (Å²) in [5.41, 5.74) is 0. The van der Waals surface area contributed by atoms with Crippen LogP contribution in [-0.2, 0) is 4.74 Å². The van der Waals surface area contributed by atoms with E-state index in [2.05, 4.69) is 12.2 Å². The normalized spacial score (nSPS) is 23.8. The van der Waals surface area contributed by atoms with E-state index >= 15 is 0 Å². The Morgan fingerprint density at radius 2 is 2.30 bits per heavy atom. The number of ether oxygens (including phenoxy) is 2. The lowest BCUT2D eigenvalue weighted by atomic mass is 10.0. The van der Waals surface area contributed by atoms with E-state index in [0.29, 0.717) is 12.5 Å². The first-order valence-electron chi connectivity index (χ1n) is 7.04. The summed E-state index contributed by atoms with van der Waals surface area (Å²) in [6.45, 7) is 4.20. The van der Waals surface area contributed by atoms with Gasteiger partial charge < -0.3 is 19.9 Å². The van der Waals surface area contributed by atoms with Crippen LogP contribution in [0.5, 0.6) is 5.75 Å². The molecule has 1 fully saturated rings. The zero-order valence-electron chi connectivity index (χ0n) is 11.7. The SMILES string of the molecule is CC1OCCC1CNCC(O)COc1ccccc1F. The van der Waals surface area contributed by atoms with E-state index < -0.39 is 11.9 Å². The molecule has 5 heteroatoms. The predicted octanol–water partition coefficient (Wildman–Crippen LogP) is 1.58. The molecule has 4 nitrogen and oxygen atoms in total. The number of para-hydroxylation sites is 1. The van der Waals surface area contributed by atoms with Gasteiger partial charge in [0, 0.05) is 19.7 Å². The summed E-state index contributed by atoms with van der Waals surface area (Å²) >= 11 is 0. The van der Waals surface area contributed by atoms with Crippen molar-refractivity contribution in [3.8, 4) is 5.75 Å². The molecule has 3 unspecified atom stereocenters. The summed E-state index contributed by atoms with van der Waals surface area (Å²) in [6, 6.07) is 6.18. The van der Waals surface area contributed by atoms with Crippen LogP contribution in [0.4, 0.5) is 4.39 Å². The summed E-state index contributed by atoms with van der Waals surface area (Å²) in [5.74, 6) is 0.253. The van der Waals surface area contributed by atoms with Crippen LogP contribution in [0.1, 0.15) is 13.3 Å². The van der Waals surface area contributed by atoms with E-state index in [1.807, 2.05) is 0 Å². The minimum Gasteiger partial charge on any atom is -0.488 e. The Morgan fingerprint density at radius 3 is 3.00 bits per heavy atom. The van der Waals surface area contributed by atoms with Crippen molar-refractivity contribution in [3.05, 3.63) is 30.1 Å². The molecule has 3 atom stereocenters. The molecule has 0 spiro atoms. The van der Waals surface area contributed by atoms with Crippen molar-refractivity contribution in [3.63, 3.8) is 0 Å². The number of nitrogens with one attached hydrogen (secondary N) is 1. The lowest BCUT2D eigenvalue weighted by molar-refractivity contribution is 0.0935. The lowest BCUT2D eigenvalue weighted by Crippen LogP contribution is -2.35. The van der Waals surface area contributed by atoms with Gasteiger partial charge >= 0.3 is 0 Å². The Labute approximate surface area is 118 Å². The van der Waals surface area contributed by atoms with Crippen LogP contribution in [0.2, 0.25) is 0 Å². The van der Waals surface area contributed by atoms with Crippen LogP contribution in [-0.4, -0.2) is 43.6 Å². The van der Waals surface area contributed by atoms with Crippen LogP contribution in [0.25, 0.3) is 0 Å². The Kier molecular flexibility index (Phi) is 5.76. The van der Waals surface area contributed by atoms with Gasteiger partial charge in [-0.1, -0.05) is 12.1 Å². The molecule has 1 aromatic carbocycles. The average Bonchev–Trinajstić information content (AvgIpc) is 2.84. The van der Waals surface area contributed by atoms with Gasteiger partial charge in [-0.15, -0.1) is 0 Å². The van der Waals surface area contributed by atoms with Gasteiger partial charge in [-0.3, -0.25) is 0 Å². The molecule has 1 aliphatic heterocycles. The smallest absolute Gasteiger partial charge is 0.165 e. The maximum absolute atomic E-state index is 13.3. The molecule has 20 heavy (non-hydrogen) atoms. The molecule has 1 saturated heterocycles. The molecular formula is C15H22FNO3. The zero-order valence-corrected chi connectivity index (χ0v) is 11.7. The van der Waals surface area contributed by atoms with Gasteiger partial charge in [0.05, 0.1) is 6.10 Å². The highest BCUT2D eigenvalue weighted by Crippen LogP contribution is 2.19. The number of benzene rings is 1. The number of halogens is 1. The van der Waals surface area contributed by atoms with Gasteiger partial charge in [0.1, 0.15) is 12.7 Å². The summed E-state index contributed by atoms with van der Waals surface area (Å²) in [4.78, 5) is 0. The third kappa shape index (κ3) is 4.44. The second kappa shape index (κ2) is 7.57. The average molecular weight is 283 g/mol. The maximum atomic E-state index is 13.3. The fourth-order valence-corrected chi connectivity index (χ4v) is 2.29. The second-order valence-corrected chi connectivity index (χ2v) is 5.18. The van der Waals surface area contributed by atoms with Gasteiger partial charge in [0.25, 0.3) is 0 Å². The third-order valence-electron chi connectivity index (χ3n) is 3.59. The van der Waals surface area contributed by atoms with E-state index in [4.69, 9.17) is 9.47 Å². The van der Waals surface area contributed by atoms with E-state index in [9.17, 15) is 9.50 Å². The standard InChI is InChI=1S/C15H22FNO3/c1-11-12(6-7-19-11)8-17-9-13(18)10-20-15-5-3-2-4-14(15)16/h2-5,11-13,17-18H,6-10H2,1H3. The lowest BCUT2D eigenvalue weighted by Gasteiger charge is -2.17. The van der Waals surface area contributed by atoms with Crippen LogP contribution < -0.4 is 10.1 Å². The number of aliphatic hydroxyl groups excluding tert-OH is 1. The molecule has 1 aliphatic rings. The number of hydrogen-bond donors (Lipinski definition) is 2. The topological polar surface area (TPSA) is 50.7 Å². The number of rotatable bonds is 7. The van der Waals surface area contributed by atoms with Crippen LogP contribution >= 0.6 is 0 Å². The molecule has 112 valence electrons. The van der Waals surface area contributed by atoms with Crippen molar-refractivity contribution in [2.24, 2.45) is 5.92 Å². The first-order valence-corrected chi connectivity index (χ1v) is 7.04. The fourth-order valence-electron chi connectivity index (χ4n) is 2.29. The molecule has 0 saturated carbocycles. The Hall–Kier alpha value is -1.17. The van der Waals surface area contributed by atoms with Crippen molar-refractivity contribution in [2.75, 3.05) is 26.3 Å². The molecule has 0 aliphatic carbocycles. The third-order valence-corrected chi connectivity index (χ3v) is 3.59. The van der Waals surface area contributed by atoms with E-state index in [1.165, 1.54) is 6.07 Å². The summed E-state index contributed by atoms with van der Waals surface area (Å²) < 4.78 is 24.0. The minimum absolute atomic E-state index is 0.0741. The van der Waals surface area contributed by atoms with E-state index in [1.54, 1.807) is 18.2 Å². The molecule has 1 heterocycles. The summed E-state index contributed by atoms with van der Waals surface area (Å²) in [6.07, 6.45) is 0.664. The van der Waals surface area contributed by atoms with Crippen LogP contribution in [0.15, 0.2) is 24.3 Å². The molecule has 2 rings (SSSR count). The first-order chi connectivity index (χ1) is 9.66. The van der Waals surface area contributed by atoms with Crippen molar-refractivity contribution in [2.45, 2.75) is 25.6 Å². The largest absolute Gasteiger partial charge is 0.488 e. The molecule has 0 bridgehead atoms. The quantitative estimate of drug-likeness (QED) is 0.798. The number of aliphatic hydroxyl groups is 1. The molecule has 0 radical (unpaired) electrons. The first kappa shape index (κ1) is 15.2. The monoisotopic (exact) mass is 283 g/mol. The van der Waals surface area contributed by atoms with Gasteiger partial charge in [-0.25, -0.2) is 4.39 Å². The molecule has 1 aromatic rings. The highest BCUT2D eigenvalue weighted by atomic mass is 19.1. The van der Waals surface area contributed by atoms with Gasteiger partial charge in [0.2, 0.25) is 0 Å². The Balaban J connectivity index is 1.63. The highest BCUT2D eigenvalue weighted by molar-refractivity contribution is 5.23. The van der Waals surface area contributed by atoms with Gasteiger partial charge in [-0.2, -0.15) is 0 Å². The predicted molar refractivity (Wildman–Crippen MR) is 74.3 cm³/mol. The summed E-state index contributed by atoms with van der Waals surface area (Å²) in [7, 11) is 0. The van der Waals surface area contributed by atoms with Crippen molar-refractivity contribution in [1.82, 2.24) is 5.32 Å². The summed E-state index contributed by atoms with van der Waals surface area (Å²) in [5, 5.41) is 13.0. The van der Waals surface area contributed by atoms with Crippen LogP contribution in [0, 0.1) is 11.7 Å². The molecular weight excluding hydrogens is 261 g/mol. The molecule has 2 N–H and O–H groups in total. The van der Waals surface area contributed by atoms with Crippen molar-refractivity contribution < 1.29 is 19.0 Å². The maximum Gasteiger partial charge on any atom is 0.165 e. The number of hydrogen-bond acceptors (Lipinski definition) is 4. The fraction of sp³-hybridized carbons (Fsp3) is 0.600. The van der Waals surface area contributed by atoms with Crippen molar-refractivity contribution in [1.29, 1.82) is 0 Å². The molecule has 0 amide bonds. The van der Waals surface area contributed by atoms with Crippen LogP contribution in [0.3, 0.4) is 0 Å². The highest BCUT2D eigenvalue weighted by Gasteiger charge is 2.23.